The van der Waals surface area contributed by atoms with Crippen LogP contribution in [0.3, 0.4) is 0 Å². The van der Waals surface area contributed by atoms with Gasteiger partial charge in [0.05, 0.1) is 16.0 Å². The number of amides is 1. The van der Waals surface area contributed by atoms with Crippen LogP contribution in [0.4, 0.5) is 19.0 Å². The lowest BCUT2D eigenvalue weighted by Crippen LogP contribution is -2.49. The van der Waals surface area contributed by atoms with Crippen molar-refractivity contribution in [3.63, 3.8) is 0 Å². The first kappa shape index (κ1) is 24.3. The van der Waals surface area contributed by atoms with Crippen LogP contribution in [0.5, 0.6) is 5.75 Å². The monoisotopic (exact) mass is 482 g/mol. The first-order chi connectivity index (χ1) is 15.4. The number of pyridine rings is 1. The van der Waals surface area contributed by atoms with E-state index in [9.17, 15) is 26.4 Å². The van der Waals surface area contributed by atoms with Crippen molar-refractivity contribution < 1.29 is 31.1 Å². The van der Waals surface area contributed by atoms with Crippen molar-refractivity contribution in [1.29, 1.82) is 5.26 Å². The number of ether oxygens (including phenoxy) is 1. The van der Waals surface area contributed by atoms with Crippen molar-refractivity contribution in [1.82, 2.24) is 9.88 Å². The third kappa shape index (κ3) is 5.73. The lowest BCUT2D eigenvalue weighted by molar-refractivity contribution is -0.189. The lowest BCUT2D eigenvalue weighted by Gasteiger charge is -2.35. The third-order valence-electron chi connectivity index (χ3n) is 5.14. The van der Waals surface area contributed by atoms with Crippen molar-refractivity contribution in [2.75, 3.05) is 37.3 Å². The van der Waals surface area contributed by atoms with E-state index in [0.717, 1.165) is 31.4 Å². The predicted molar refractivity (Wildman–Crippen MR) is 113 cm³/mol. The van der Waals surface area contributed by atoms with Crippen LogP contribution in [0.25, 0.3) is 0 Å². The van der Waals surface area contributed by atoms with Gasteiger partial charge in [-0.15, -0.1) is 0 Å². The van der Waals surface area contributed by atoms with Gasteiger partial charge < -0.3 is 14.5 Å². The van der Waals surface area contributed by atoms with E-state index in [1.807, 2.05) is 11.0 Å². The highest BCUT2D eigenvalue weighted by molar-refractivity contribution is 7.90. The van der Waals surface area contributed by atoms with Crippen LogP contribution in [0, 0.1) is 11.3 Å². The van der Waals surface area contributed by atoms with Crippen LogP contribution >= 0.6 is 0 Å². The minimum atomic E-state index is -4.66. The summed E-state index contributed by atoms with van der Waals surface area (Å²) in [6.07, 6.45) is -4.46. The fourth-order valence-corrected chi connectivity index (χ4v) is 3.86. The highest BCUT2D eigenvalue weighted by Gasteiger charge is 2.39. The summed E-state index contributed by atoms with van der Waals surface area (Å²) in [5.74, 6) is -0.339. The maximum absolute atomic E-state index is 13.2. The van der Waals surface area contributed by atoms with Crippen molar-refractivity contribution in [3.8, 4) is 11.8 Å². The van der Waals surface area contributed by atoms with Gasteiger partial charge in [-0.1, -0.05) is 0 Å². The van der Waals surface area contributed by atoms with E-state index in [-0.39, 0.29) is 29.3 Å². The van der Waals surface area contributed by atoms with Gasteiger partial charge >= 0.3 is 6.18 Å². The smallest absolute Gasteiger partial charge is 0.425 e. The summed E-state index contributed by atoms with van der Waals surface area (Å²) < 4.78 is 67.9. The molecule has 0 N–H and O–H groups in total. The van der Waals surface area contributed by atoms with E-state index in [1.165, 1.54) is 11.1 Å². The molecule has 3 rings (SSSR count). The number of nitrogens with zero attached hydrogens (tertiary/aromatic N) is 4. The fourth-order valence-electron chi connectivity index (χ4n) is 3.22. The molecule has 1 aromatic carbocycles. The lowest BCUT2D eigenvalue weighted by atomic mass is 10.1. The maximum atomic E-state index is 13.2. The van der Waals surface area contributed by atoms with E-state index in [1.54, 1.807) is 12.1 Å². The SMILES string of the molecule is CC(Oc1ccc(S(C)(=O)=O)cc1C(=O)N1CCN(c2ccc(C#N)cn2)CC1)C(F)(F)F. The molecule has 0 spiro atoms. The van der Waals surface area contributed by atoms with E-state index in [0.29, 0.717) is 24.5 Å². The van der Waals surface area contributed by atoms with Crippen LogP contribution in [-0.4, -0.2) is 68.9 Å². The number of piperazine rings is 1. The van der Waals surface area contributed by atoms with E-state index in [2.05, 4.69) is 4.98 Å². The quantitative estimate of drug-likeness (QED) is 0.645. The van der Waals surface area contributed by atoms with Crippen molar-refractivity contribution in [2.45, 2.75) is 24.1 Å². The van der Waals surface area contributed by atoms with Crippen molar-refractivity contribution in [3.05, 3.63) is 47.7 Å². The van der Waals surface area contributed by atoms with E-state index in [4.69, 9.17) is 10.00 Å². The number of sulfone groups is 1. The second kappa shape index (κ2) is 9.27. The van der Waals surface area contributed by atoms with Gasteiger partial charge in [0.25, 0.3) is 5.91 Å². The van der Waals surface area contributed by atoms with Crippen molar-refractivity contribution in [2.24, 2.45) is 0 Å². The summed E-state index contributed by atoms with van der Waals surface area (Å²) in [6.45, 7) is 2.06. The Morgan fingerprint density at radius 1 is 1.18 bits per heavy atom. The first-order valence-electron chi connectivity index (χ1n) is 9.88. The van der Waals surface area contributed by atoms with Crippen LogP contribution in [-0.2, 0) is 9.84 Å². The molecular weight excluding hydrogens is 461 g/mol. The highest BCUT2D eigenvalue weighted by Crippen LogP contribution is 2.30. The zero-order valence-corrected chi connectivity index (χ0v) is 18.7. The Hall–Kier alpha value is -3.33. The number of carbonyl (C=O) groups is 1. The summed E-state index contributed by atoms with van der Waals surface area (Å²) in [7, 11) is -3.70. The molecule has 1 fully saturated rings. The van der Waals surface area contributed by atoms with Crippen LogP contribution in [0.15, 0.2) is 41.4 Å². The Balaban J connectivity index is 1.82. The molecule has 2 heterocycles. The van der Waals surface area contributed by atoms with Gasteiger partial charge in [-0.25, -0.2) is 13.4 Å². The number of nitriles is 1. The van der Waals surface area contributed by atoms with Crippen molar-refractivity contribution >= 4 is 21.6 Å². The topological polar surface area (TPSA) is 104 Å². The molecule has 176 valence electrons. The van der Waals surface area contributed by atoms with Crippen LogP contribution < -0.4 is 9.64 Å². The number of halogens is 3. The zero-order chi connectivity index (χ0) is 24.4. The maximum Gasteiger partial charge on any atom is 0.425 e. The second-order valence-corrected chi connectivity index (χ2v) is 9.54. The average molecular weight is 482 g/mol. The number of hydrogen-bond acceptors (Lipinski definition) is 7. The molecule has 1 aromatic heterocycles. The molecule has 8 nitrogen and oxygen atoms in total. The standard InChI is InChI=1S/C21H21F3N4O4S/c1-14(21(22,23)24)32-18-5-4-16(33(2,30)31)11-17(18)20(29)28-9-7-27(8-10-28)19-6-3-15(12-25)13-26-19/h3-6,11,13-14H,7-10H2,1-2H3. The Morgan fingerprint density at radius 2 is 1.85 bits per heavy atom. The molecule has 0 radical (unpaired) electrons. The predicted octanol–water partition coefficient (Wildman–Crippen LogP) is 2.65. The van der Waals surface area contributed by atoms with Gasteiger partial charge in [-0.3, -0.25) is 4.79 Å². The summed E-state index contributed by atoms with van der Waals surface area (Å²) in [4.78, 5) is 20.5. The molecule has 1 atom stereocenters. The molecule has 1 saturated heterocycles. The largest absolute Gasteiger partial charge is 0.480 e. The van der Waals surface area contributed by atoms with E-state index < -0.39 is 28.0 Å². The molecule has 33 heavy (non-hydrogen) atoms. The zero-order valence-electron chi connectivity index (χ0n) is 17.8. The molecule has 0 aliphatic carbocycles. The number of anilines is 1. The minimum Gasteiger partial charge on any atom is -0.480 e. The van der Waals surface area contributed by atoms with Gasteiger partial charge in [0.15, 0.2) is 15.9 Å². The molecule has 2 aromatic rings. The molecular formula is C21H21F3N4O4S. The summed E-state index contributed by atoms with van der Waals surface area (Å²) in [6, 6.07) is 8.53. The fraction of sp³-hybridized carbons (Fsp3) is 0.381. The van der Waals surface area contributed by atoms with E-state index >= 15 is 0 Å². The molecule has 1 unspecified atom stereocenters. The summed E-state index contributed by atoms with van der Waals surface area (Å²) in [5, 5.41) is 8.88. The Bertz CT molecular complexity index is 1170. The molecule has 1 aliphatic heterocycles. The molecule has 0 saturated carbocycles. The Morgan fingerprint density at radius 3 is 2.36 bits per heavy atom. The normalized spacial score (nSPS) is 15.6. The van der Waals surface area contributed by atoms with Gasteiger partial charge in [-0.2, -0.15) is 18.4 Å². The number of carbonyl (C=O) groups excluding carboxylic acids is 1. The van der Waals surface area contributed by atoms with Gasteiger partial charge in [0.2, 0.25) is 0 Å². The number of benzene rings is 1. The van der Waals surface area contributed by atoms with Gasteiger partial charge in [-0.05, 0) is 37.3 Å². The molecule has 0 bridgehead atoms. The highest BCUT2D eigenvalue weighted by atomic mass is 32.2. The summed E-state index contributed by atoms with van der Waals surface area (Å²) in [5.41, 5.74) is 0.165. The minimum absolute atomic E-state index is 0.196. The summed E-state index contributed by atoms with van der Waals surface area (Å²) >= 11 is 0. The number of aromatic nitrogens is 1. The second-order valence-electron chi connectivity index (χ2n) is 7.53. The Kier molecular flexibility index (Phi) is 6.83. The number of alkyl halides is 3. The number of hydrogen-bond donors (Lipinski definition) is 0. The molecule has 12 heteroatoms. The average Bonchev–Trinajstić information content (AvgIpc) is 2.77. The van der Waals surface area contributed by atoms with Crippen LogP contribution in [0.1, 0.15) is 22.8 Å². The molecule has 1 aliphatic rings. The Labute approximate surface area is 189 Å². The molecule has 1 amide bonds. The number of rotatable bonds is 5. The first-order valence-corrected chi connectivity index (χ1v) is 11.8. The van der Waals surface area contributed by atoms with Gasteiger partial charge in [0.1, 0.15) is 17.6 Å². The van der Waals surface area contributed by atoms with Crippen LogP contribution in [0.2, 0.25) is 0 Å². The van der Waals surface area contributed by atoms with Gasteiger partial charge in [0, 0.05) is 38.6 Å². The third-order valence-corrected chi connectivity index (χ3v) is 6.25.